The van der Waals surface area contributed by atoms with Crippen molar-refractivity contribution in [1.29, 1.82) is 5.41 Å². The molecule has 26 heavy (non-hydrogen) atoms. The molecule has 0 spiro atoms. The number of nitrogens with two attached hydrogens (primary N) is 1. The number of hydrogen-bond donors (Lipinski definition) is 2. The fourth-order valence-corrected chi connectivity index (χ4v) is 4.03. The van der Waals surface area contributed by atoms with Crippen molar-refractivity contribution in [1.82, 2.24) is 4.98 Å². The first-order valence-corrected chi connectivity index (χ1v) is 10.3. The number of rotatable bonds is 5. The Morgan fingerprint density at radius 3 is 2.77 bits per heavy atom. The van der Waals surface area contributed by atoms with Gasteiger partial charge >= 0.3 is 0 Å². The van der Waals surface area contributed by atoms with Crippen LogP contribution in [0.1, 0.15) is 25.4 Å². The molecule has 0 bridgehead atoms. The molecule has 1 aromatic carbocycles. The first kappa shape index (κ1) is 17.0. The van der Waals surface area contributed by atoms with E-state index in [0.29, 0.717) is 34.6 Å². The maximum Gasteiger partial charge on any atom is 0.129 e. The molecule has 1 saturated carbocycles. The maximum absolute atomic E-state index is 11.6. The van der Waals surface area contributed by atoms with E-state index in [-0.39, 0.29) is 1.43 Å². The Balaban J connectivity index is 0.00000210. The lowest BCUT2D eigenvalue weighted by atomic mass is 10.0. The Bertz CT molecular complexity index is 863. The van der Waals surface area contributed by atoms with Crippen LogP contribution in [0, 0.1) is 5.41 Å². The first-order chi connectivity index (χ1) is 12.6. The highest BCUT2D eigenvalue weighted by atomic mass is 32.2. The Kier molecular flexibility index (Phi) is 4.63. The SMILES string of the molecule is N=C(c1ccnc(N2CCS(=O)CC2)c1)c1cc(OC2CC2)ccc1N.[HH]. The van der Waals surface area contributed by atoms with Crippen molar-refractivity contribution in [2.45, 2.75) is 18.9 Å². The number of nitrogens with zero attached hydrogens (tertiary/aromatic N) is 2. The molecule has 6 nitrogen and oxygen atoms in total. The number of anilines is 2. The van der Waals surface area contributed by atoms with Crippen molar-refractivity contribution in [3.05, 3.63) is 47.7 Å². The normalized spacial score (nSPS) is 17.9. The van der Waals surface area contributed by atoms with Gasteiger partial charge < -0.3 is 15.4 Å². The van der Waals surface area contributed by atoms with Gasteiger partial charge in [-0.15, -0.1) is 0 Å². The minimum atomic E-state index is -0.726. The molecule has 2 aromatic rings. The van der Waals surface area contributed by atoms with Crippen molar-refractivity contribution in [2.24, 2.45) is 0 Å². The monoisotopic (exact) mass is 372 g/mol. The fraction of sp³-hybridized carbons (Fsp3) is 0.368. The molecule has 1 aromatic heterocycles. The minimum Gasteiger partial charge on any atom is -0.490 e. The Morgan fingerprint density at radius 1 is 1.27 bits per heavy atom. The third-order valence-electron chi connectivity index (χ3n) is 4.66. The van der Waals surface area contributed by atoms with E-state index in [0.717, 1.165) is 43.1 Å². The summed E-state index contributed by atoms with van der Waals surface area (Å²) < 4.78 is 17.4. The van der Waals surface area contributed by atoms with Crippen LogP contribution >= 0.6 is 0 Å². The standard InChI is InChI=1S/C19H22N4O2S.H2/c20-17-4-3-15(25-14-1-2-14)12-16(17)19(21)13-5-6-22-18(11-13)23-7-9-26(24)10-8-23;/h3-6,11-12,14,21H,1-2,7-10,20H2;1H. The van der Waals surface area contributed by atoms with Crippen molar-refractivity contribution in [3.63, 3.8) is 0 Å². The maximum atomic E-state index is 11.6. The molecular formula is C19H24N4O2S. The zero-order chi connectivity index (χ0) is 18.1. The predicted molar refractivity (Wildman–Crippen MR) is 107 cm³/mol. The zero-order valence-electron chi connectivity index (χ0n) is 14.5. The van der Waals surface area contributed by atoms with Crippen LogP contribution in [0.4, 0.5) is 11.5 Å². The lowest BCUT2D eigenvalue weighted by molar-refractivity contribution is 0.303. The average molecular weight is 372 g/mol. The van der Waals surface area contributed by atoms with Crippen molar-refractivity contribution in [3.8, 4) is 5.75 Å². The fourth-order valence-electron chi connectivity index (χ4n) is 2.97. The molecule has 2 heterocycles. The molecule has 0 radical (unpaired) electrons. The number of benzene rings is 1. The van der Waals surface area contributed by atoms with E-state index in [1.165, 1.54) is 0 Å². The average Bonchev–Trinajstić information content (AvgIpc) is 3.47. The second kappa shape index (κ2) is 7.07. The largest absolute Gasteiger partial charge is 0.490 e. The van der Waals surface area contributed by atoms with E-state index in [9.17, 15) is 4.21 Å². The molecule has 7 heteroatoms. The summed E-state index contributed by atoms with van der Waals surface area (Å²) >= 11 is 0. The summed E-state index contributed by atoms with van der Waals surface area (Å²) in [5.41, 5.74) is 8.46. The molecule has 0 atom stereocenters. The van der Waals surface area contributed by atoms with Crippen LogP contribution in [-0.2, 0) is 10.8 Å². The number of nitrogens with one attached hydrogen (secondary N) is 1. The summed E-state index contributed by atoms with van der Waals surface area (Å²) in [5, 5.41) is 8.62. The minimum absolute atomic E-state index is 0. The van der Waals surface area contributed by atoms with Gasteiger partial charge in [0, 0.05) is 59.8 Å². The lowest BCUT2D eigenvalue weighted by Crippen LogP contribution is -2.38. The van der Waals surface area contributed by atoms with Crippen LogP contribution in [0.3, 0.4) is 0 Å². The van der Waals surface area contributed by atoms with Gasteiger partial charge in [0.1, 0.15) is 11.6 Å². The van der Waals surface area contributed by atoms with E-state index in [1.807, 2.05) is 24.3 Å². The van der Waals surface area contributed by atoms with E-state index in [2.05, 4.69) is 9.88 Å². The highest BCUT2D eigenvalue weighted by Crippen LogP contribution is 2.29. The predicted octanol–water partition coefficient (Wildman–Crippen LogP) is 2.44. The first-order valence-electron chi connectivity index (χ1n) is 8.81. The van der Waals surface area contributed by atoms with Crippen LogP contribution in [0.15, 0.2) is 36.5 Å². The van der Waals surface area contributed by atoms with Gasteiger partial charge in [0.25, 0.3) is 0 Å². The van der Waals surface area contributed by atoms with Crippen LogP contribution in [0.25, 0.3) is 0 Å². The van der Waals surface area contributed by atoms with Crippen LogP contribution in [0.5, 0.6) is 5.75 Å². The summed E-state index contributed by atoms with van der Waals surface area (Å²) in [7, 11) is -0.726. The van der Waals surface area contributed by atoms with Gasteiger partial charge in [0.05, 0.1) is 11.8 Å². The summed E-state index contributed by atoms with van der Waals surface area (Å²) in [4.78, 5) is 6.55. The smallest absolute Gasteiger partial charge is 0.129 e. The highest BCUT2D eigenvalue weighted by Gasteiger charge is 2.24. The molecule has 1 aliphatic heterocycles. The van der Waals surface area contributed by atoms with Gasteiger partial charge in [-0.25, -0.2) is 4.98 Å². The van der Waals surface area contributed by atoms with Gasteiger partial charge in [-0.05, 0) is 43.2 Å². The molecule has 1 saturated heterocycles. The topological polar surface area (TPSA) is 92.3 Å². The third kappa shape index (κ3) is 3.72. The number of pyridine rings is 1. The molecule has 3 N–H and O–H groups in total. The second-order valence-corrected chi connectivity index (χ2v) is 8.38. The molecule has 0 unspecified atom stereocenters. The number of nitrogen functional groups attached to an aromatic ring is 1. The van der Waals surface area contributed by atoms with Crippen LogP contribution in [0.2, 0.25) is 0 Å². The van der Waals surface area contributed by atoms with Crippen molar-refractivity contribution in [2.75, 3.05) is 35.2 Å². The Hall–Kier alpha value is -2.41. The van der Waals surface area contributed by atoms with Crippen LogP contribution < -0.4 is 15.4 Å². The number of aromatic nitrogens is 1. The van der Waals surface area contributed by atoms with Gasteiger partial charge in [0.2, 0.25) is 0 Å². The summed E-state index contributed by atoms with van der Waals surface area (Å²) in [6.07, 6.45) is 4.19. The molecule has 1 aliphatic carbocycles. The molecule has 138 valence electrons. The number of ether oxygens (including phenoxy) is 1. The molecule has 4 rings (SSSR count). The Morgan fingerprint density at radius 2 is 2.04 bits per heavy atom. The van der Waals surface area contributed by atoms with E-state index >= 15 is 0 Å². The van der Waals surface area contributed by atoms with Gasteiger partial charge in [-0.1, -0.05) is 0 Å². The Labute approximate surface area is 156 Å². The van der Waals surface area contributed by atoms with E-state index < -0.39 is 10.8 Å². The van der Waals surface area contributed by atoms with Gasteiger partial charge in [-0.2, -0.15) is 0 Å². The van der Waals surface area contributed by atoms with Gasteiger partial charge in [0.15, 0.2) is 0 Å². The highest BCUT2D eigenvalue weighted by molar-refractivity contribution is 7.85. The summed E-state index contributed by atoms with van der Waals surface area (Å²) in [6.45, 7) is 1.45. The van der Waals surface area contributed by atoms with E-state index in [1.54, 1.807) is 12.3 Å². The van der Waals surface area contributed by atoms with Crippen LogP contribution in [-0.4, -0.2) is 45.6 Å². The number of hydrogen-bond acceptors (Lipinski definition) is 6. The molecule has 2 aliphatic rings. The second-order valence-electron chi connectivity index (χ2n) is 6.68. The lowest BCUT2D eigenvalue weighted by Gasteiger charge is -2.27. The molecular weight excluding hydrogens is 348 g/mol. The summed E-state index contributed by atoms with van der Waals surface area (Å²) in [5.74, 6) is 2.90. The quantitative estimate of drug-likeness (QED) is 0.621. The van der Waals surface area contributed by atoms with Gasteiger partial charge in [-0.3, -0.25) is 9.62 Å². The van der Waals surface area contributed by atoms with Crippen molar-refractivity contribution < 1.29 is 10.4 Å². The summed E-state index contributed by atoms with van der Waals surface area (Å²) in [6, 6.07) is 9.23. The van der Waals surface area contributed by atoms with E-state index in [4.69, 9.17) is 15.9 Å². The third-order valence-corrected chi connectivity index (χ3v) is 5.93. The molecule has 2 fully saturated rings. The van der Waals surface area contributed by atoms with Crippen molar-refractivity contribution >= 4 is 28.0 Å². The zero-order valence-corrected chi connectivity index (χ0v) is 15.3. The molecule has 0 amide bonds.